The predicted molar refractivity (Wildman–Crippen MR) is 52.6 cm³/mol. The molecule has 0 heterocycles. The van der Waals surface area contributed by atoms with Crippen LogP contribution in [0.3, 0.4) is 0 Å². The highest BCUT2D eigenvalue weighted by Crippen LogP contribution is 2.28. The van der Waals surface area contributed by atoms with Gasteiger partial charge in [0, 0.05) is 0 Å². The van der Waals surface area contributed by atoms with Crippen LogP contribution in [-0.4, -0.2) is 11.1 Å². The number of aliphatic carboxylic acids is 1. The minimum atomic E-state index is -0.643. The van der Waals surface area contributed by atoms with E-state index in [4.69, 9.17) is 5.11 Å². The first-order valence-corrected chi connectivity index (χ1v) is 5.43. The maximum absolute atomic E-state index is 10.6. The first kappa shape index (κ1) is 10.6. The Balaban J connectivity index is 2.13. The third-order valence-electron chi connectivity index (χ3n) is 3.15. The highest BCUT2D eigenvalue weighted by Gasteiger charge is 2.16. The summed E-state index contributed by atoms with van der Waals surface area (Å²) in [6, 6.07) is 0. The molecular weight excluding hydrogens is 164 g/mol. The molecule has 76 valence electrons. The van der Waals surface area contributed by atoms with Crippen LogP contribution in [0.15, 0.2) is 0 Å². The molecule has 1 aliphatic carbocycles. The Morgan fingerprint density at radius 3 is 2.54 bits per heavy atom. The van der Waals surface area contributed by atoms with Crippen LogP contribution in [0.2, 0.25) is 0 Å². The molecule has 0 aromatic carbocycles. The van der Waals surface area contributed by atoms with E-state index in [9.17, 15) is 4.79 Å². The predicted octanol–water partition coefficient (Wildman–Crippen LogP) is 3.07. The van der Waals surface area contributed by atoms with E-state index in [1.165, 1.54) is 32.1 Å². The molecule has 0 amide bonds. The molecule has 1 fully saturated rings. The second-order valence-electron chi connectivity index (χ2n) is 4.32. The smallest absolute Gasteiger partial charge is 0.306 e. The number of carboxylic acid groups (broad SMARTS) is 1. The minimum Gasteiger partial charge on any atom is -0.481 e. The van der Waals surface area contributed by atoms with Crippen LogP contribution in [0.5, 0.6) is 0 Å². The molecule has 13 heavy (non-hydrogen) atoms. The lowest BCUT2D eigenvalue weighted by atomic mass is 9.84. The highest BCUT2D eigenvalue weighted by molar-refractivity contribution is 5.69. The van der Waals surface area contributed by atoms with Crippen molar-refractivity contribution in [3.63, 3.8) is 0 Å². The Morgan fingerprint density at radius 1 is 1.38 bits per heavy atom. The van der Waals surface area contributed by atoms with E-state index in [1.807, 2.05) is 6.92 Å². The summed E-state index contributed by atoms with van der Waals surface area (Å²) < 4.78 is 0. The van der Waals surface area contributed by atoms with Gasteiger partial charge in [-0.25, -0.2) is 0 Å². The third-order valence-corrected chi connectivity index (χ3v) is 3.15. The Kier molecular flexibility index (Phi) is 4.26. The lowest BCUT2D eigenvalue weighted by molar-refractivity contribution is -0.141. The zero-order valence-corrected chi connectivity index (χ0v) is 8.46. The van der Waals surface area contributed by atoms with E-state index in [2.05, 4.69) is 0 Å². The van der Waals surface area contributed by atoms with Crippen LogP contribution >= 0.6 is 0 Å². The summed E-state index contributed by atoms with van der Waals surface area (Å²) in [7, 11) is 0. The number of hydrogen-bond donors (Lipinski definition) is 1. The lowest BCUT2D eigenvalue weighted by Crippen LogP contribution is -2.13. The van der Waals surface area contributed by atoms with Gasteiger partial charge in [-0.05, 0) is 18.8 Å². The first-order chi connectivity index (χ1) is 6.20. The summed E-state index contributed by atoms with van der Waals surface area (Å²) >= 11 is 0. The fraction of sp³-hybridized carbons (Fsp3) is 0.909. The van der Waals surface area contributed by atoms with Gasteiger partial charge in [0.15, 0.2) is 0 Å². The van der Waals surface area contributed by atoms with Gasteiger partial charge in [0.05, 0.1) is 5.92 Å². The van der Waals surface area contributed by atoms with E-state index in [-0.39, 0.29) is 5.92 Å². The van der Waals surface area contributed by atoms with E-state index < -0.39 is 5.97 Å². The first-order valence-electron chi connectivity index (χ1n) is 5.43. The molecule has 0 unspecified atom stereocenters. The van der Waals surface area contributed by atoms with Gasteiger partial charge in [0.1, 0.15) is 0 Å². The van der Waals surface area contributed by atoms with Gasteiger partial charge >= 0.3 is 5.97 Å². The van der Waals surface area contributed by atoms with Crippen molar-refractivity contribution in [3.05, 3.63) is 0 Å². The number of rotatable bonds is 4. The highest BCUT2D eigenvalue weighted by atomic mass is 16.4. The molecule has 0 aromatic heterocycles. The van der Waals surface area contributed by atoms with Crippen LogP contribution in [0, 0.1) is 11.8 Å². The Bertz CT molecular complexity index is 159. The fourth-order valence-corrected chi connectivity index (χ4v) is 2.08. The van der Waals surface area contributed by atoms with Gasteiger partial charge in [0.2, 0.25) is 0 Å². The normalized spacial score (nSPS) is 21.3. The van der Waals surface area contributed by atoms with Crippen molar-refractivity contribution >= 4 is 5.97 Å². The van der Waals surface area contributed by atoms with Crippen LogP contribution in [0.1, 0.15) is 51.9 Å². The fourth-order valence-electron chi connectivity index (χ4n) is 2.08. The van der Waals surface area contributed by atoms with Crippen LogP contribution in [0.25, 0.3) is 0 Å². The van der Waals surface area contributed by atoms with Crippen molar-refractivity contribution in [1.82, 2.24) is 0 Å². The second kappa shape index (κ2) is 5.25. The third kappa shape index (κ3) is 3.79. The van der Waals surface area contributed by atoms with Crippen molar-refractivity contribution in [3.8, 4) is 0 Å². The maximum Gasteiger partial charge on any atom is 0.306 e. The molecule has 0 aromatic rings. The van der Waals surface area contributed by atoms with Gasteiger partial charge in [-0.2, -0.15) is 0 Å². The zero-order valence-electron chi connectivity index (χ0n) is 8.46. The molecule has 1 aliphatic rings. The van der Waals surface area contributed by atoms with Crippen molar-refractivity contribution in [1.29, 1.82) is 0 Å². The molecule has 1 saturated carbocycles. The zero-order chi connectivity index (χ0) is 9.68. The maximum atomic E-state index is 10.6. The molecule has 0 aliphatic heterocycles. The van der Waals surface area contributed by atoms with Gasteiger partial charge in [-0.15, -0.1) is 0 Å². The number of carboxylic acids is 1. The van der Waals surface area contributed by atoms with E-state index in [0.29, 0.717) is 0 Å². The molecule has 1 rings (SSSR count). The van der Waals surface area contributed by atoms with Crippen molar-refractivity contribution in [2.45, 2.75) is 51.9 Å². The Hall–Kier alpha value is -0.530. The Morgan fingerprint density at radius 2 is 2.00 bits per heavy atom. The molecule has 0 bridgehead atoms. The second-order valence-corrected chi connectivity index (χ2v) is 4.32. The van der Waals surface area contributed by atoms with E-state index in [0.717, 1.165) is 18.8 Å². The monoisotopic (exact) mass is 184 g/mol. The topological polar surface area (TPSA) is 37.3 Å². The van der Waals surface area contributed by atoms with E-state index in [1.54, 1.807) is 0 Å². The summed E-state index contributed by atoms with van der Waals surface area (Å²) in [6.07, 6.45) is 8.72. The minimum absolute atomic E-state index is 0.151. The lowest BCUT2D eigenvalue weighted by Gasteiger charge is -2.21. The van der Waals surface area contributed by atoms with Crippen molar-refractivity contribution in [2.75, 3.05) is 0 Å². The quantitative estimate of drug-likeness (QED) is 0.729. The van der Waals surface area contributed by atoms with Gasteiger partial charge in [0.25, 0.3) is 0 Å². The molecule has 0 saturated heterocycles. The largest absolute Gasteiger partial charge is 0.481 e. The van der Waals surface area contributed by atoms with Crippen LogP contribution < -0.4 is 0 Å². The summed E-state index contributed by atoms with van der Waals surface area (Å²) in [4.78, 5) is 10.6. The summed E-state index contributed by atoms with van der Waals surface area (Å²) in [5, 5.41) is 8.71. The molecule has 2 heteroatoms. The SMILES string of the molecule is C[C@@H](CCC1CCCCC1)C(=O)O. The van der Waals surface area contributed by atoms with Crippen molar-refractivity contribution < 1.29 is 9.90 Å². The van der Waals surface area contributed by atoms with Gasteiger partial charge in [-0.3, -0.25) is 4.79 Å². The summed E-state index contributed by atoms with van der Waals surface area (Å²) in [5.41, 5.74) is 0. The Labute approximate surface area is 80.3 Å². The average molecular weight is 184 g/mol. The molecule has 1 atom stereocenters. The molecule has 2 nitrogen and oxygen atoms in total. The molecule has 0 spiro atoms. The molecular formula is C11H20O2. The van der Waals surface area contributed by atoms with E-state index >= 15 is 0 Å². The number of hydrogen-bond acceptors (Lipinski definition) is 1. The van der Waals surface area contributed by atoms with Crippen molar-refractivity contribution in [2.24, 2.45) is 11.8 Å². The average Bonchev–Trinajstić information content (AvgIpc) is 2.15. The standard InChI is InChI=1S/C11H20O2/c1-9(11(12)13)7-8-10-5-3-2-4-6-10/h9-10H,2-8H2,1H3,(H,12,13)/t9-/m0/s1. The number of carbonyl (C=O) groups is 1. The van der Waals surface area contributed by atoms with Crippen LogP contribution in [0.4, 0.5) is 0 Å². The van der Waals surface area contributed by atoms with Gasteiger partial charge in [-0.1, -0.05) is 39.0 Å². The summed E-state index contributed by atoms with van der Waals surface area (Å²) in [6.45, 7) is 1.81. The molecule has 1 N–H and O–H groups in total. The van der Waals surface area contributed by atoms with Crippen LogP contribution in [-0.2, 0) is 4.79 Å². The van der Waals surface area contributed by atoms with Gasteiger partial charge < -0.3 is 5.11 Å². The molecule has 0 radical (unpaired) electrons. The summed E-state index contributed by atoms with van der Waals surface area (Å²) in [5.74, 6) is 0.0216.